The summed E-state index contributed by atoms with van der Waals surface area (Å²) in [7, 11) is 0. The summed E-state index contributed by atoms with van der Waals surface area (Å²) in [6.45, 7) is 3.94. The fourth-order valence-corrected chi connectivity index (χ4v) is 1.75. The first-order chi connectivity index (χ1) is 9.08. The van der Waals surface area contributed by atoms with Crippen molar-refractivity contribution in [2.45, 2.75) is 20.3 Å². The smallest absolute Gasteiger partial charge is 0.322 e. The molecule has 2 rings (SSSR count). The van der Waals surface area contributed by atoms with Crippen LogP contribution in [0.3, 0.4) is 0 Å². The second-order valence-corrected chi connectivity index (χ2v) is 4.58. The Labute approximate surface area is 117 Å². The van der Waals surface area contributed by atoms with Gasteiger partial charge in [0.15, 0.2) is 0 Å². The van der Waals surface area contributed by atoms with E-state index >= 15 is 0 Å². The van der Waals surface area contributed by atoms with Gasteiger partial charge in [-0.3, -0.25) is 0 Å². The summed E-state index contributed by atoms with van der Waals surface area (Å²) < 4.78 is 5.66. The number of rotatable bonds is 4. The third-order valence-corrected chi connectivity index (χ3v) is 2.81. The molecule has 0 radical (unpaired) electrons. The van der Waals surface area contributed by atoms with Crippen molar-refractivity contribution in [2.24, 2.45) is 5.73 Å². The van der Waals surface area contributed by atoms with Gasteiger partial charge in [0.2, 0.25) is 0 Å². The number of ether oxygens (including phenoxy) is 1. The molecular weight excluding hydrogens is 258 g/mol. The maximum atomic E-state index is 5.66. The summed E-state index contributed by atoms with van der Waals surface area (Å²) in [5.74, 6) is 0.707. The van der Waals surface area contributed by atoms with Gasteiger partial charge in [0.25, 0.3) is 0 Å². The molecule has 1 heterocycles. The molecule has 0 aliphatic heterocycles. The van der Waals surface area contributed by atoms with Crippen molar-refractivity contribution < 1.29 is 4.74 Å². The summed E-state index contributed by atoms with van der Waals surface area (Å²) in [4.78, 5) is 8.64. The third kappa shape index (κ3) is 3.48. The number of benzene rings is 1. The molecule has 0 fully saturated rings. The van der Waals surface area contributed by atoms with E-state index in [1.54, 1.807) is 6.07 Å². The van der Waals surface area contributed by atoms with Crippen LogP contribution in [0.15, 0.2) is 30.3 Å². The maximum absolute atomic E-state index is 5.66. The second kappa shape index (κ2) is 5.75. The first kappa shape index (κ1) is 13.4. The molecule has 2 N–H and O–H groups in total. The normalized spacial score (nSPS) is 10.2. The van der Waals surface area contributed by atoms with Crippen LogP contribution in [0.4, 0.5) is 0 Å². The van der Waals surface area contributed by atoms with E-state index in [0.29, 0.717) is 11.4 Å². The van der Waals surface area contributed by atoms with Gasteiger partial charge < -0.3 is 10.5 Å². The van der Waals surface area contributed by atoms with E-state index in [9.17, 15) is 0 Å². The lowest BCUT2D eigenvalue weighted by Crippen LogP contribution is -2.13. The zero-order valence-electron chi connectivity index (χ0n) is 10.9. The number of aryl methyl sites for hydroxylation is 2. The molecule has 0 unspecified atom stereocenters. The molecule has 4 nitrogen and oxygen atoms in total. The quantitative estimate of drug-likeness (QED) is 0.868. The van der Waals surface area contributed by atoms with Gasteiger partial charge >= 0.3 is 6.01 Å². The van der Waals surface area contributed by atoms with Gasteiger partial charge in [-0.25, -0.2) is 4.98 Å². The SMILES string of the molecule is CCc1cccc(Oc2nc(C)cc(C(N)=S)n2)c1. The molecule has 0 saturated carbocycles. The summed E-state index contributed by atoms with van der Waals surface area (Å²) in [5.41, 5.74) is 8.05. The first-order valence-electron chi connectivity index (χ1n) is 6.00. The highest BCUT2D eigenvalue weighted by molar-refractivity contribution is 7.80. The van der Waals surface area contributed by atoms with Gasteiger partial charge in [-0.05, 0) is 37.1 Å². The van der Waals surface area contributed by atoms with Gasteiger partial charge in [-0.2, -0.15) is 4.98 Å². The lowest BCUT2D eigenvalue weighted by Gasteiger charge is -2.07. The summed E-state index contributed by atoms with van der Waals surface area (Å²) in [6.07, 6.45) is 0.948. The van der Waals surface area contributed by atoms with Crippen molar-refractivity contribution in [1.82, 2.24) is 9.97 Å². The van der Waals surface area contributed by atoms with Crippen LogP contribution in [0.5, 0.6) is 11.8 Å². The van der Waals surface area contributed by atoms with Crippen LogP contribution >= 0.6 is 12.2 Å². The summed E-state index contributed by atoms with van der Waals surface area (Å²) in [6, 6.07) is 9.81. The van der Waals surface area contributed by atoms with Gasteiger partial charge in [-0.1, -0.05) is 31.3 Å². The topological polar surface area (TPSA) is 61.0 Å². The number of nitrogens with zero attached hydrogens (tertiary/aromatic N) is 2. The fraction of sp³-hybridized carbons (Fsp3) is 0.214. The van der Waals surface area contributed by atoms with Crippen LogP contribution in [0, 0.1) is 6.92 Å². The highest BCUT2D eigenvalue weighted by atomic mass is 32.1. The standard InChI is InChI=1S/C14H15N3OS/c1-3-10-5-4-6-11(8-10)18-14-16-9(2)7-12(17-14)13(15)19/h4-8H,3H2,1-2H3,(H2,15,19). The molecule has 98 valence electrons. The van der Waals surface area contributed by atoms with Gasteiger partial charge in [-0.15, -0.1) is 0 Å². The van der Waals surface area contributed by atoms with Crippen LogP contribution < -0.4 is 10.5 Å². The molecule has 0 spiro atoms. The van der Waals surface area contributed by atoms with E-state index in [1.165, 1.54) is 5.56 Å². The Balaban J connectivity index is 2.29. The molecule has 2 aromatic rings. The Morgan fingerprint density at radius 1 is 1.32 bits per heavy atom. The average molecular weight is 273 g/mol. The van der Waals surface area contributed by atoms with Crippen molar-refractivity contribution >= 4 is 17.2 Å². The van der Waals surface area contributed by atoms with Crippen molar-refractivity contribution in [2.75, 3.05) is 0 Å². The Bertz CT molecular complexity index is 613. The van der Waals surface area contributed by atoms with Crippen LogP contribution in [0.1, 0.15) is 23.9 Å². The second-order valence-electron chi connectivity index (χ2n) is 4.14. The molecule has 0 saturated heterocycles. The number of thiocarbonyl (C=S) groups is 1. The molecule has 0 amide bonds. The van der Waals surface area contributed by atoms with E-state index in [2.05, 4.69) is 16.9 Å². The van der Waals surface area contributed by atoms with Crippen molar-refractivity contribution in [1.29, 1.82) is 0 Å². The molecular formula is C14H15N3OS. The highest BCUT2D eigenvalue weighted by Crippen LogP contribution is 2.20. The molecule has 0 atom stereocenters. The Morgan fingerprint density at radius 3 is 2.79 bits per heavy atom. The zero-order chi connectivity index (χ0) is 13.8. The average Bonchev–Trinajstić information content (AvgIpc) is 2.38. The summed E-state index contributed by atoms with van der Waals surface area (Å²) >= 11 is 4.92. The first-order valence-corrected chi connectivity index (χ1v) is 6.41. The molecule has 1 aromatic heterocycles. The van der Waals surface area contributed by atoms with Crippen LogP contribution in [0.2, 0.25) is 0 Å². The fourth-order valence-electron chi connectivity index (χ4n) is 1.65. The van der Waals surface area contributed by atoms with Gasteiger partial charge in [0.1, 0.15) is 16.4 Å². The predicted octanol–water partition coefficient (Wildman–Crippen LogP) is 2.77. The lowest BCUT2D eigenvalue weighted by molar-refractivity contribution is 0.439. The van der Waals surface area contributed by atoms with E-state index in [4.69, 9.17) is 22.7 Å². The third-order valence-electron chi connectivity index (χ3n) is 2.60. The molecule has 0 aliphatic carbocycles. The van der Waals surface area contributed by atoms with Gasteiger partial charge in [0.05, 0.1) is 0 Å². The largest absolute Gasteiger partial charge is 0.424 e. The minimum absolute atomic E-state index is 0.234. The van der Waals surface area contributed by atoms with Crippen LogP contribution in [-0.2, 0) is 6.42 Å². The molecule has 0 bridgehead atoms. The Morgan fingerprint density at radius 2 is 2.11 bits per heavy atom. The zero-order valence-corrected chi connectivity index (χ0v) is 11.7. The minimum atomic E-state index is 0.234. The van der Waals surface area contributed by atoms with Crippen molar-refractivity contribution in [3.05, 3.63) is 47.3 Å². The molecule has 19 heavy (non-hydrogen) atoms. The summed E-state index contributed by atoms with van der Waals surface area (Å²) in [5, 5.41) is 0. The Kier molecular flexibility index (Phi) is 4.06. The maximum Gasteiger partial charge on any atom is 0.322 e. The van der Waals surface area contributed by atoms with Gasteiger partial charge in [0, 0.05) is 5.69 Å². The van der Waals surface area contributed by atoms with Crippen molar-refractivity contribution in [3.63, 3.8) is 0 Å². The van der Waals surface area contributed by atoms with E-state index in [0.717, 1.165) is 12.1 Å². The Hall–Kier alpha value is -2.01. The van der Waals surface area contributed by atoms with E-state index < -0.39 is 0 Å². The number of hydrogen-bond donors (Lipinski definition) is 1. The van der Waals surface area contributed by atoms with Crippen LogP contribution in [-0.4, -0.2) is 15.0 Å². The van der Waals surface area contributed by atoms with Crippen molar-refractivity contribution in [3.8, 4) is 11.8 Å². The highest BCUT2D eigenvalue weighted by Gasteiger charge is 2.07. The predicted molar refractivity (Wildman–Crippen MR) is 78.6 cm³/mol. The molecule has 1 aromatic carbocycles. The number of aromatic nitrogens is 2. The lowest BCUT2D eigenvalue weighted by atomic mass is 10.2. The van der Waals surface area contributed by atoms with Crippen LogP contribution in [0.25, 0.3) is 0 Å². The molecule has 0 aliphatic rings. The molecule has 5 heteroatoms. The monoisotopic (exact) mass is 273 g/mol. The minimum Gasteiger partial charge on any atom is -0.424 e. The van der Waals surface area contributed by atoms with E-state index in [-0.39, 0.29) is 11.0 Å². The number of nitrogens with two attached hydrogens (primary N) is 1. The number of hydrogen-bond acceptors (Lipinski definition) is 4. The van der Waals surface area contributed by atoms with E-state index in [1.807, 2.05) is 31.2 Å².